The maximum atomic E-state index is 12.2. The summed E-state index contributed by atoms with van der Waals surface area (Å²) in [5, 5.41) is 2.99. The number of benzene rings is 1. The van der Waals surface area contributed by atoms with E-state index in [1.165, 1.54) is 0 Å². The van der Waals surface area contributed by atoms with Gasteiger partial charge >= 0.3 is 0 Å². The third-order valence-corrected chi connectivity index (χ3v) is 4.13. The van der Waals surface area contributed by atoms with Crippen LogP contribution in [-0.2, 0) is 11.2 Å². The van der Waals surface area contributed by atoms with E-state index in [1.54, 1.807) is 0 Å². The van der Waals surface area contributed by atoms with Crippen molar-refractivity contribution in [2.24, 2.45) is 5.92 Å². The highest BCUT2D eigenvalue weighted by molar-refractivity contribution is 5.93. The Morgan fingerprint density at radius 3 is 3.05 bits per heavy atom. The third-order valence-electron chi connectivity index (χ3n) is 4.13. The summed E-state index contributed by atoms with van der Waals surface area (Å²) >= 11 is 0. The van der Waals surface area contributed by atoms with Gasteiger partial charge in [-0.1, -0.05) is 12.2 Å². The second kappa shape index (κ2) is 6.42. The summed E-state index contributed by atoms with van der Waals surface area (Å²) in [6, 6.07) is 3.89. The summed E-state index contributed by atoms with van der Waals surface area (Å²) in [4.78, 5) is 12.2. The second-order valence-corrected chi connectivity index (χ2v) is 6.04. The average molecular weight is 301 g/mol. The first-order chi connectivity index (χ1) is 10.7. The van der Waals surface area contributed by atoms with Crippen molar-refractivity contribution in [1.82, 2.24) is 0 Å². The largest absolute Gasteiger partial charge is 0.492 e. The number of hydrogen-bond acceptors (Lipinski definition) is 3. The number of carbonyl (C=O) groups is 1. The predicted octanol–water partition coefficient (Wildman–Crippen LogP) is 3.70. The molecule has 0 saturated heterocycles. The molecule has 1 N–H and O–H groups in total. The van der Waals surface area contributed by atoms with E-state index in [1.807, 2.05) is 26.0 Å². The van der Waals surface area contributed by atoms with Crippen LogP contribution in [0.4, 0.5) is 5.69 Å². The van der Waals surface area contributed by atoms with Crippen molar-refractivity contribution in [3.63, 3.8) is 0 Å². The van der Waals surface area contributed by atoms with Crippen molar-refractivity contribution in [2.45, 2.75) is 45.6 Å². The van der Waals surface area contributed by atoms with Crippen molar-refractivity contribution >= 4 is 11.6 Å². The first-order valence-electron chi connectivity index (χ1n) is 8.08. The van der Waals surface area contributed by atoms with Crippen LogP contribution in [0.3, 0.4) is 0 Å². The fourth-order valence-electron chi connectivity index (χ4n) is 3.12. The van der Waals surface area contributed by atoms with Crippen molar-refractivity contribution in [1.29, 1.82) is 0 Å². The van der Waals surface area contributed by atoms with Gasteiger partial charge in [0.05, 0.1) is 12.3 Å². The highest BCUT2D eigenvalue weighted by Gasteiger charge is 2.23. The Morgan fingerprint density at radius 1 is 1.45 bits per heavy atom. The second-order valence-electron chi connectivity index (χ2n) is 6.04. The van der Waals surface area contributed by atoms with Gasteiger partial charge in [0.1, 0.15) is 17.6 Å². The first-order valence-corrected chi connectivity index (χ1v) is 8.08. The van der Waals surface area contributed by atoms with Crippen LogP contribution >= 0.6 is 0 Å². The van der Waals surface area contributed by atoms with Crippen molar-refractivity contribution in [3.8, 4) is 11.5 Å². The topological polar surface area (TPSA) is 47.6 Å². The Labute approximate surface area is 131 Å². The van der Waals surface area contributed by atoms with Gasteiger partial charge in [-0.05, 0) is 38.7 Å². The molecule has 4 nitrogen and oxygen atoms in total. The molecule has 4 heteroatoms. The van der Waals surface area contributed by atoms with E-state index >= 15 is 0 Å². The molecule has 1 aromatic rings. The lowest BCUT2D eigenvalue weighted by Gasteiger charge is -2.14. The molecule has 0 fully saturated rings. The minimum atomic E-state index is 0.0310. The smallest absolute Gasteiger partial charge is 0.225 e. The molecule has 0 bridgehead atoms. The Hall–Kier alpha value is -1.97. The highest BCUT2D eigenvalue weighted by Crippen LogP contribution is 2.38. The molecule has 2 aliphatic rings. The zero-order chi connectivity index (χ0) is 15.5. The molecule has 0 radical (unpaired) electrons. The van der Waals surface area contributed by atoms with Gasteiger partial charge in [0.25, 0.3) is 0 Å². The van der Waals surface area contributed by atoms with Crippen LogP contribution in [0.2, 0.25) is 0 Å². The summed E-state index contributed by atoms with van der Waals surface area (Å²) < 4.78 is 11.5. The Morgan fingerprint density at radius 2 is 2.32 bits per heavy atom. The predicted molar refractivity (Wildman–Crippen MR) is 86.5 cm³/mol. The number of anilines is 1. The van der Waals surface area contributed by atoms with E-state index in [0.717, 1.165) is 36.3 Å². The summed E-state index contributed by atoms with van der Waals surface area (Å²) in [5.41, 5.74) is 1.86. The molecule has 0 unspecified atom stereocenters. The highest BCUT2D eigenvalue weighted by atomic mass is 16.5. The number of nitrogens with one attached hydrogen (secondary N) is 1. The summed E-state index contributed by atoms with van der Waals surface area (Å²) in [6.07, 6.45) is 8.01. The lowest BCUT2D eigenvalue weighted by molar-refractivity contribution is -0.116. The van der Waals surface area contributed by atoms with Crippen LogP contribution in [0.15, 0.2) is 24.3 Å². The van der Waals surface area contributed by atoms with Gasteiger partial charge in [0.15, 0.2) is 0 Å². The molecule has 1 heterocycles. The quantitative estimate of drug-likeness (QED) is 0.844. The van der Waals surface area contributed by atoms with Crippen LogP contribution in [0.5, 0.6) is 11.5 Å². The fraction of sp³-hybridized carbons (Fsp3) is 0.500. The molecule has 22 heavy (non-hydrogen) atoms. The molecule has 3 rings (SSSR count). The molecule has 1 aromatic carbocycles. The third kappa shape index (κ3) is 3.26. The molecule has 1 aliphatic carbocycles. The zero-order valence-electron chi connectivity index (χ0n) is 13.2. The van der Waals surface area contributed by atoms with E-state index < -0.39 is 0 Å². The van der Waals surface area contributed by atoms with Gasteiger partial charge in [-0.2, -0.15) is 0 Å². The van der Waals surface area contributed by atoms with Crippen LogP contribution in [0.1, 0.15) is 38.7 Å². The Kier molecular flexibility index (Phi) is 4.36. The van der Waals surface area contributed by atoms with Gasteiger partial charge in [-0.25, -0.2) is 0 Å². The fourth-order valence-corrected chi connectivity index (χ4v) is 3.12. The lowest BCUT2D eigenvalue weighted by Crippen LogP contribution is -2.15. The number of fused-ring (bicyclic) bond motifs is 1. The number of allylic oxidation sites excluding steroid dienone is 2. The van der Waals surface area contributed by atoms with E-state index in [0.29, 0.717) is 24.6 Å². The molecule has 0 saturated carbocycles. The maximum Gasteiger partial charge on any atom is 0.225 e. The van der Waals surface area contributed by atoms with Crippen LogP contribution in [-0.4, -0.2) is 18.6 Å². The van der Waals surface area contributed by atoms with Crippen LogP contribution < -0.4 is 14.8 Å². The number of amides is 1. The summed E-state index contributed by atoms with van der Waals surface area (Å²) in [7, 11) is 0. The molecule has 1 amide bonds. The number of ether oxygens (including phenoxy) is 2. The molecule has 2 atom stereocenters. The van der Waals surface area contributed by atoms with E-state index in [2.05, 4.69) is 17.5 Å². The van der Waals surface area contributed by atoms with Crippen LogP contribution in [0.25, 0.3) is 0 Å². The van der Waals surface area contributed by atoms with Gasteiger partial charge in [-0.15, -0.1) is 0 Å². The standard InChI is InChI=1S/C18H23NO3/c1-3-21-17-10-14-8-12(2)22-16(14)11-15(17)19-18(20)9-13-6-4-5-7-13/h4,6,10-13H,3,5,7-9H2,1-2H3,(H,19,20)/t12-,13+/m0/s1. The molecular formula is C18H23NO3. The average Bonchev–Trinajstić information content (AvgIpc) is 3.07. The minimum Gasteiger partial charge on any atom is -0.492 e. The summed E-state index contributed by atoms with van der Waals surface area (Å²) in [5.74, 6) is 1.98. The monoisotopic (exact) mass is 301 g/mol. The molecule has 1 aliphatic heterocycles. The SMILES string of the molecule is CCOc1cc2c(cc1NC(=O)C[C@@H]1C=CCC1)O[C@@H](C)C2. The molecular weight excluding hydrogens is 278 g/mol. The zero-order valence-corrected chi connectivity index (χ0v) is 13.2. The minimum absolute atomic E-state index is 0.0310. The molecule has 0 aromatic heterocycles. The lowest BCUT2D eigenvalue weighted by atomic mass is 10.0. The maximum absolute atomic E-state index is 12.2. The van der Waals surface area contributed by atoms with Gasteiger partial charge in [0.2, 0.25) is 5.91 Å². The number of hydrogen-bond donors (Lipinski definition) is 1. The normalized spacial score (nSPS) is 22.3. The van der Waals surface area contributed by atoms with Gasteiger partial charge in [0, 0.05) is 24.5 Å². The molecule has 118 valence electrons. The van der Waals surface area contributed by atoms with Gasteiger partial charge in [-0.3, -0.25) is 4.79 Å². The Bertz CT molecular complexity index is 594. The van der Waals surface area contributed by atoms with Crippen molar-refractivity contribution < 1.29 is 14.3 Å². The van der Waals surface area contributed by atoms with E-state index in [-0.39, 0.29) is 12.0 Å². The summed E-state index contributed by atoms with van der Waals surface area (Å²) in [6.45, 7) is 4.57. The van der Waals surface area contributed by atoms with E-state index in [4.69, 9.17) is 9.47 Å². The number of carbonyl (C=O) groups excluding carboxylic acids is 1. The number of rotatable bonds is 5. The van der Waals surface area contributed by atoms with Crippen molar-refractivity contribution in [2.75, 3.05) is 11.9 Å². The van der Waals surface area contributed by atoms with Crippen molar-refractivity contribution in [3.05, 3.63) is 29.8 Å². The van der Waals surface area contributed by atoms with E-state index in [9.17, 15) is 4.79 Å². The Balaban J connectivity index is 1.75. The van der Waals surface area contributed by atoms with Crippen LogP contribution in [0, 0.1) is 5.92 Å². The first kappa shape index (κ1) is 14.9. The van der Waals surface area contributed by atoms with Gasteiger partial charge < -0.3 is 14.8 Å². The molecule has 0 spiro atoms.